The Kier molecular flexibility index (Phi) is 4.60. The number of carboxylic acid groups (broad SMARTS) is 1. The molecule has 0 radical (unpaired) electrons. The third kappa shape index (κ3) is 3.25. The van der Waals surface area contributed by atoms with Gasteiger partial charge in [0.05, 0.1) is 0 Å². The van der Waals surface area contributed by atoms with Gasteiger partial charge in [0.25, 0.3) is 0 Å². The van der Waals surface area contributed by atoms with Crippen LogP contribution in [0, 0.1) is 5.82 Å². The minimum absolute atomic E-state index is 0.0220. The molecule has 0 saturated heterocycles. The molecular formula is C12H16FNO3. The molecule has 0 aliphatic heterocycles. The lowest BCUT2D eigenvalue weighted by Gasteiger charge is -2.26. The number of benzene rings is 1. The highest BCUT2D eigenvalue weighted by Crippen LogP contribution is 2.21. The van der Waals surface area contributed by atoms with Gasteiger partial charge in [-0.15, -0.1) is 0 Å². The van der Waals surface area contributed by atoms with E-state index in [4.69, 9.17) is 5.11 Å². The summed E-state index contributed by atoms with van der Waals surface area (Å²) in [6.45, 7) is 1.79. The molecule has 1 unspecified atom stereocenters. The first-order chi connectivity index (χ1) is 8.00. The quantitative estimate of drug-likeness (QED) is 0.652. The summed E-state index contributed by atoms with van der Waals surface area (Å²) in [5, 5.41) is 20.7. The lowest BCUT2D eigenvalue weighted by atomic mass is 9.92. The Labute approximate surface area is 99.1 Å². The van der Waals surface area contributed by atoms with E-state index in [9.17, 15) is 14.3 Å². The molecule has 0 fully saturated rings. The first-order valence-corrected chi connectivity index (χ1v) is 5.36. The molecule has 4 nitrogen and oxygen atoms in total. The van der Waals surface area contributed by atoms with E-state index in [0.717, 1.165) is 0 Å². The predicted octanol–water partition coefficient (Wildman–Crippen LogP) is 1.10. The Bertz CT molecular complexity index is 397. The molecule has 3 N–H and O–H groups in total. The average Bonchev–Trinajstić information content (AvgIpc) is 2.29. The third-order valence-electron chi connectivity index (χ3n) is 2.64. The Morgan fingerprint density at radius 2 is 2.24 bits per heavy atom. The molecule has 1 atom stereocenters. The van der Waals surface area contributed by atoms with Crippen LogP contribution >= 0.6 is 0 Å². The molecular weight excluding hydrogens is 225 g/mol. The van der Waals surface area contributed by atoms with Crippen LogP contribution < -0.4 is 5.32 Å². The number of aliphatic carboxylic acids is 1. The molecule has 94 valence electrons. The standard InChI is InChI=1S/C12H16FNO3/c1-12(11(16)17,14-6-3-7-15)9-4-2-5-10(13)8-9/h2,4-5,8,14-15H,3,6-7H2,1H3,(H,16,17). The lowest BCUT2D eigenvalue weighted by Crippen LogP contribution is -2.47. The Balaban J connectivity index is 2.95. The fourth-order valence-corrected chi connectivity index (χ4v) is 1.52. The molecule has 0 aliphatic rings. The molecule has 0 saturated carbocycles. The molecule has 0 amide bonds. The summed E-state index contributed by atoms with van der Waals surface area (Å²) >= 11 is 0. The molecule has 0 aromatic heterocycles. The molecule has 1 aromatic carbocycles. The maximum atomic E-state index is 13.1. The smallest absolute Gasteiger partial charge is 0.328 e. The largest absolute Gasteiger partial charge is 0.480 e. The van der Waals surface area contributed by atoms with E-state index in [1.807, 2.05) is 0 Å². The van der Waals surface area contributed by atoms with Gasteiger partial charge >= 0.3 is 5.97 Å². The zero-order valence-corrected chi connectivity index (χ0v) is 9.61. The summed E-state index contributed by atoms with van der Waals surface area (Å²) in [6.07, 6.45) is 0.443. The molecule has 0 aliphatic carbocycles. The van der Waals surface area contributed by atoms with Crippen LogP contribution in [0.4, 0.5) is 4.39 Å². The maximum absolute atomic E-state index is 13.1. The molecule has 0 spiro atoms. The first-order valence-electron chi connectivity index (χ1n) is 5.36. The highest BCUT2D eigenvalue weighted by atomic mass is 19.1. The Morgan fingerprint density at radius 1 is 1.53 bits per heavy atom. The zero-order valence-electron chi connectivity index (χ0n) is 9.61. The average molecular weight is 241 g/mol. The highest BCUT2D eigenvalue weighted by molar-refractivity contribution is 5.80. The second kappa shape index (κ2) is 5.75. The van der Waals surface area contributed by atoms with E-state index in [1.54, 1.807) is 6.07 Å². The van der Waals surface area contributed by atoms with Crippen LogP contribution in [0.5, 0.6) is 0 Å². The summed E-state index contributed by atoms with van der Waals surface area (Å²) < 4.78 is 13.1. The maximum Gasteiger partial charge on any atom is 0.328 e. The number of halogens is 1. The van der Waals surface area contributed by atoms with Gasteiger partial charge in [-0.2, -0.15) is 0 Å². The first kappa shape index (κ1) is 13.6. The molecule has 17 heavy (non-hydrogen) atoms. The van der Waals surface area contributed by atoms with Crippen LogP contribution in [0.1, 0.15) is 18.9 Å². The minimum Gasteiger partial charge on any atom is -0.480 e. The summed E-state index contributed by atoms with van der Waals surface area (Å²) in [6, 6.07) is 5.49. The molecule has 5 heteroatoms. The van der Waals surface area contributed by atoms with Crippen LogP contribution in [0.15, 0.2) is 24.3 Å². The third-order valence-corrected chi connectivity index (χ3v) is 2.64. The molecule has 1 aromatic rings. The summed E-state index contributed by atoms with van der Waals surface area (Å²) in [5.74, 6) is -1.56. The number of carbonyl (C=O) groups is 1. The SMILES string of the molecule is CC(NCCCO)(C(=O)O)c1cccc(F)c1. The second-order valence-corrected chi connectivity index (χ2v) is 3.94. The Hall–Kier alpha value is -1.46. The van der Waals surface area contributed by atoms with Crippen molar-refractivity contribution in [2.24, 2.45) is 0 Å². The van der Waals surface area contributed by atoms with Crippen molar-refractivity contribution in [1.29, 1.82) is 0 Å². The van der Waals surface area contributed by atoms with E-state index in [1.165, 1.54) is 25.1 Å². The van der Waals surface area contributed by atoms with E-state index in [-0.39, 0.29) is 6.61 Å². The van der Waals surface area contributed by atoms with Crippen molar-refractivity contribution in [2.45, 2.75) is 18.9 Å². The number of aliphatic hydroxyl groups excluding tert-OH is 1. The normalized spacial score (nSPS) is 14.3. The van der Waals surface area contributed by atoms with Crippen molar-refractivity contribution >= 4 is 5.97 Å². The van der Waals surface area contributed by atoms with Gasteiger partial charge in [0, 0.05) is 6.61 Å². The van der Waals surface area contributed by atoms with E-state index < -0.39 is 17.3 Å². The Morgan fingerprint density at radius 3 is 2.76 bits per heavy atom. The molecule has 0 bridgehead atoms. The van der Waals surface area contributed by atoms with Gasteiger partial charge in [-0.05, 0) is 37.6 Å². The van der Waals surface area contributed by atoms with Gasteiger partial charge in [-0.25, -0.2) is 9.18 Å². The van der Waals surface area contributed by atoms with Crippen molar-refractivity contribution < 1.29 is 19.4 Å². The highest BCUT2D eigenvalue weighted by Gasteiger charge is 2.34. The fourth-order valence-electron chi connectivity index (χ4n) is 1.52. The number of aliphatic hydroxyl groups is 1. The van der Waals surface area contributed by atoms with Gasteiger partial charge in [0.1, 0.15) is 11.4 Å². The second-order valence-electron chi connectivity index (χ2n) is 3.94. The molecule has 1 rings (SSSR count). The van der Waals surface area contributed by atoms with E-state index in [2.05, 4.69) is 5.32 Å². The van der Waals surface area contributed by atoms with Gasteiger partial charge < -0.3 is 10.2 Å². The van der Waals surface area contributed by atoms with Crippen molar-refractivity contribution in [3.63, 3.8) is 0 Å². The van der Waals surface area contributed by atoms with Gasteiger partial charge in [-0.1, -0.05) is 12.1 Å². The number of hydrogen-bond acceptors (Lipinski definition) is 3. The topological polar surface area (TPSA) is 69.6 Å². The van der Waals surface area contributed by atoms with Crippen molar-refractivity contribution in [1.82, 2.24) is 5.32 Å². The number of hydrogen-bond donors (Lipinski definition) is 3. The van der Waals surface area contributed by atoms with Crippen molar-refractivity contribution in [2.75, 3.05) is 13.2 Å². The summed E-state index contributed by atoms with van der Waals surface area (Å²) in [7, 11) is 0. The van der Waals surface area contributed by atoms with Gasteiger partial charge in [-0.3, -0.25) is 5.32 Å². The fraction of sp³-hybridized carbons (Fsp3) is 0.417. The summed E-state index contributed by atoms with van der Waals surface area (Å²) in [4.78, 5) is 11.3. The van der Waals surface area contributed by atoms with Gasteiger partial charge in [0.2, 0.25) is 0 Å². The number of carboxylic acids is 1. The monoisotopic (exact) mass is 241 g/mol. The van der Waals surface area contributed by atoms with Crippen LogP contribution in [0.3, 0.4) is 0 Å². The van der Waals surface area contributed by atoms with Crippen LogP contribution in [0.25, 0.3) is 0 Å². The lowest BCUT2D eigenvalue weighted by molar-refractivity contribution is -0.144. The van der Waals surface area contributed by atoms with Gasteiger partial charge in [0.15, 0.2) is 0 Å². The van der Waals surface area contributed by atoms with E-state index >= 15 is 0 Å². The van der Waals surface area contributed by atoms with Crippen molar-refractivity contribution in [3.05, 3.63) is 35.6 Å². The molecule has 0 heterocycles. The zero-order chi connectivity index (χ0) is 12.9. The van der Waals surface area contributed by atoms with Crippen LogP contribution in [0.2, 0.25) is 0 Å². The number of rotatable bonds is 6. The van der Waals surface area contributed by atoms with Crippen molar-refractivity contribution in [3.8, 4) is 0 Å². The van der Waals surface area contributed by atoms with E-state index in [0.29, 0.717) is 18.5 Å². The van der Waals surface area contributed by atoms with Crippen LogP contribution in [-0.4, -0.2) is 29.3 Å². The number of nitrogens with one attached hydrogen (secondary N) is 1. The predicted molar refractivity (Wildman–Crippen MR) is 61.1 cm³/mol. The summed E-state index contributed by atoms with van der Waals surface area (Å²) in [5.41, 5.74) is -1.000. The minimum atomic E-state index is -1.35. The van der Waals surface area contributed by atoms with Crippen LogP contribution in [-0.2, 0) is 10.3 Å².